The molecule has 0 aromatic heterocycles. The minimum atomic E-state index is -0.120. The molecule has 0 aromatic carbocycles. The zero-order valence-corrected chi connectivity index (χ0v) is 11.9. The molecule has 4 nitrogen and oxygen atoms in total. The Hall–Kier alpha value is -0.610. The first kappa shape index (κ1) is 16.4. The van der Waals surface area contributed by atoms with E-state index in [2.05, 4.69) is 25.7 Å². The molecule has 0 aliphatic rings. The lowest BCUT2D eigenvalue weighted by Gasteiger charge is -2.33. The molecule has 0 saturated carbocycles. The largest absolute Gasteiger partial charge is 0.466 e. The van der Waals surface area contributed by atoms with Crippen molar-refractivity contribution in [3.8, 4) is 0 Å². The molecule has 0 radical (unpaired) electrons. The van der Waals surface area contributed by atoms with Crippen molar-refractivity contribution in [1.82, 2.24) is 4.90 Å². The number of carbonyl (C=O) groups excluding carboxylic acids is 1. The van der Waals surface area contributed by atoms with Gasteiger partial charge in [0, 0.05) is 25.7 Å². The van der Waals surface area contributed by atoms with Crippen LogP contribution >= 0.6 is 0 Å². The molecule has 0 rings (SSSR count). The lowest BCUT2D eigenvalue weighted by molar-refractivity contribution is -0.144. The Bertz CT molecular complexity index is 209. The highest BCUT2D eigenvalue weighted by atomic mass is 16.5. The Morgan fingerprint density at radius 3 is 2.35 bits per heavy atom. The van der Waals surface area contributed by atoms with Gasteiger partial charge in [0.05, 0.1) is 19.6 Å². The third-order valence-electron chi connectivity index (χ3n) is 3.04. The van der Waals surface area contributed by atoms with E-state index in [1.165, 1.54) is 0 Å². The molecule has 4 heteroatoms. The first-order valence-corrected chi connectivity index (χ1v) is 6.47. The van der Waals surface area contributed by atoms with E-state index in [0.717, 1.165) is 13.0 Å². The van der Waals surface area contributed by atoms with Gasteiger partial charge in [0.1, 0.15) is 0 Å². The average molecular weight is 245 g/mol. The van der Waals surface area contributed by atoms with Gasteiger partial charge in [0.15, 0.2) is 0 Å². The molecule has 0 saturated heterocycles. The van der Waals surface area contributed by atoms with E-state index in [1.54, 1.807) is 7.11 Å². The predicted octanol–water partition coefficient (Wildman–Crippen LogP) is 2.08. The minimum absolute atomic E-state index is 0.120. The average Bonchev–Trinajstić information content (AvgIpc) is 2.29. The van der Waals surface area contributed by atoms with E-state index in [9.17, 15) is 4.79 Å². The molecule has 0 aliphatic heterocycles. The standard InChI is InChI=1S/C13H27NO3/c1-6-11(3)14(8-9-16-5)12(4)10-13(15)17-7-2/h11-12H,6-10H2,1-5H3. The van der Waals surface area contributed by atoms with E-state index in [4.69, 9.17) is 9.47 Å². The molecule has 0 aromatic rings. The summed E-state index contributed by atoms with van der Waals surface area (Å²) in [5, 5.41) is 0. The van der Waals surface area contributed by atoms with Gasteiger partial charge in [-0.3, -0.25) is 9.69 Å². The minimum Gasteiger partial charge on any atom is -0.466 e. The second-order valence-electron chi connectivity index (χ2n) is 4.35. The van der Waals surface area contributed by atoms with Crippen LogP contribution in [-0.4, -0.2) is 49.8 Å². The number of rotatable bonds is 9. The van der Waals surface area contributed by atoms with Gasteiger partial charge >= 0.3 is 5.97 Å². The molecule has 102 valence electrons. The Morgan fingerprint density at radius 1 is 1.24 bits per heavy atom. The molecule has 2 atom stereocenters. The van der Waals surface area contributed by atoms with Crippen molar-refractivity contribution in [2.75, 3.05) is 26.9 Å². The summed E-state index contributed by atoms with van der Waals surface area (Å²) in [5.74, 6) is -0.120. The van der Waals surface area contributed by atoms with Gasteiger partial charge in [0.2, 0.25) is 0 Å². The van der Waals surface area contributed by atoms with Gasteiger partial charge in [-0.15, -0.1) is 0 Å². The Labute approximate surface area is 105 Å². The molecule has 17 heavy (non-hydrogen) atoms. The van der Waals surface area contributed by atoms with Crippen LogP contribution in [0.3, 0.4) is 0 Å². The van der Waals surface area contributed by atoms with Gasteiger partial charge in [-0.2, -0.15) is 0 Å². The van der Waals surface area contributed by atoms with Gasteiger partial charge in [-0.05, 0) is 27.2 Å². The Morgan fingerprint density at radius 2 is 1.88 bits per heavy atom. The number of hydrogen-bond donors (Lipinski definition) is 0. The van der Waals surface area contributed by atoms with Crippen molar-refractivity contribution in [1.29, 1.82) is 0 Å². The molecular weight excluding hydrogens is 218 g/mol. The number of carbonyl (C=O) groups is 1. The van der Waals surface area contributed by atoms with Crippen molar-refractivity contribution >= 4 is 5.97 Å². The van der Waals surface area contributed by atoms with E-state index < -0.39 is 0 Å². The van der Waals surface area contributed by atoms with Gasteiger partial charge < -0.3 is 9.47 Å². The maximum absolute atomic E-state index is 11.5. The summed E-state index contributed by atoms with van der Waals surface area (Å²) in [6.45, 7) is 10.2. The van der Waals surface area contributed by atoms with Crippen LogP contribution in [0.5, 0.6) is 0 Å². The summed E-state index contributed by atoms with van der Waals surface area (Å²) in [7, 11) is 1.70. The SMILES string of the molecule is CCOC(=O)CC(C)N(CCOC)C(C)CC. The third-order valence-corrected chi connectivity index (χ3v) is 3.04. The fourth-order valence-electron chi connectivity index (χ4n) is 1.88. The number of esters is 1. The second kappa shape index (κ2) is 9.42. The van der Waals surface area contributed by atoms with Gasteiger partial charge in [-0.25, -0.2) is 0 Å². The van der Waals surface area contributed by atoms with Crippen LogP contribution in [0.2, 0.25) is 0 Å². The Balaban J connectivity index is 4.30. The highest BCUT2D eigenvalue weighted by molar-refractivity contribution is 5.70. The van der Waals surface area contributed by atoms with E-state index in [0.29, 0.717) is 25.7 Å². The van der Waals surface area contributed by atoms with Crippen molar-refractivity contribution in [3.63, 3.8) is 0 Å². The number of methoxy groups -OCH3 is 1. The fraction of sp³-hybridized carbons (Fsp3) is 0.923. The normalized spacial score (nSPS) is 14.7. The van der Waals surface area contributed by atoms with E-state index in [-0.39, 0.29) is 12.0 Å². The molecule has 0 fully saturated rings. The smallest absolute Gasteiger partial charge is 0.307 e. The maximum Gasteiger partial charge on any atom is 0.307 e. The van der Waals surface area contributed by atoms with Gasteiger partial charge in [-0.1, -0.05) is 6.92 Å². The molecule has 0 bridgehead atoms. The molecule has 0 heterocycles. The van der Waals surface area contributed by atoms with E-state index >= 15 is 0 Å². The van der Waals surface area contributed by atoms with Crippen LogP contribution < -0.4 is 0 Å². The van der Waals surface area contributed by atoms with Crippen LogP contribution in [0.1, 0.15) is 40.5 Å². The van der Waals surface area contributed by atoms with Crippen LogP contribution in [0.4, 0.5) is 0 Å². The summed E-state index contributed by atoms with van der Waals surface area (Å²) in [4.78, 5) is 13.8. The first-order chi connectivity index (χ1) is 8.06. The monoisotopic (exact) mass is 245 g/mol. The molecule has 0 aliphatic carbocycles. The van der Waals surface area contributed by atoms with Crippen molar-refractivity contribution < 1.29 is 14.3 Å². The predicted molar refractivity (Wildman–Crippen MR) is 69.0 cm³/mol. The Kier molecular flexibility index (Phi) is 9.09. The topological polar surface area (TPSA) is 38.8 Å². The quantitative estimate of drug-likeness (QED) is 0.583. The zero-order valence-electron chi connectivity index (χ0n) is 11.9. The summed E-state index contributed by atoms with van der Waals surface area (Å²) in [5.41, 5.74) is 0. The lowest BCUT2D eigenvalue weighted by atomic mass is 10.1. The summed E-state index contributed by atoms with van der Waals surface area (Å²) >= 11 is 0. The summed E-state index contributed by atoms with van der Waals surface area (Å²) in [6.07, 6.45) is 1.51. The summed E-state index contributed by atoms with van der Waals surface area (Å²) in [6, 6.07) is 0.647. The van der Waals surface area contributed by atoms with Crippen LogP contribution in [0.15, 0.2) is 0 Å². The molecule has 0 amide bonds. The van der Waals surface area contributed by atoms with E-state index in [1.807, 2.05) is 6.92 Å². The highest BCUT2D eigenvalue weighted by Gasteiger charge is 2.21. The van der Waals surface area contributed by atoms with Crippen LogP contribution in [0.25, 0.3) is 0 Å². The number of ether oxygens (including phenoxy) is 2. The molecular formula is C13H27NO3. The summed E-state index contributed by atoms with van der Waals surface area (Å²) < 4.78 is 10.1. The number of nitrogens with zero attached hydrogens (tertiary/aromatic N) is 1. The van der Waals surface area contributed by atoms with Crippen molar-refractivity contribution in [3.05, 3.63) is 0 Å². The number of hydrogen-bond acceptors (Lipinski definition) is 4. The van der Waals surface area contributed by atoms with Crippen LogP contribution in [0, 0.1) is 0 Å². The maximum atomic E-state index is 11.5. The fourth-order valence-corrected chi connectivity index (χ4v) is 1.88. The molecule has 2 unspecified atom stereocenters. The second-order valence-corrected chi connectivity index (χ2v) is 4.35. The molecule has 0 spiro atoms. The third kappa shape index (κ3) is 6.64. The highest BCUT2D eigenvalue weighted by Crippen LogP contribution is 2.12. The first-order valence-electron chi connectivity index (χ1n) is 6.47. The van der Waals surface area contributed by atoms with Crippen LogP contribution in [-0.2, 0) is 14.3 Å². The lowest BCUT2D eigenvalue weighted by Crippen LogP contribution is -2.43. The molecule has 0 N–H and O–H groups in total. The zero-order chi connectivity index (χ0) is 13.3. The van der Waals surface area contributed by atoms with Crippen molar-refractivity contribution in [2.45, 2.75) is 52.6 Å². The van der Waals surface area contributed by atoms with Gasteiger partial charge in [0.25, 0.3) is 0 Å². The van der Waals surface area contributed by atoms with Crippen molar-refractivity contribution in [2.24, 2.45) is 0 Å².